The van der Waals surface area contributed by atoms with Crippen molar-refractivity contribution in [3.63, 3.8) is 0 Å². The van der Waals surface area contributed by atoms with Gasteiger partial charge in [0.1, 0.15) is 5.03 Å². The minimum atomic E-state index is 0.0369. The molecule has 0 atom stereocenters. The Bertz CT molecular complexity index is 386. The van der Waals surface area contributed by atoms with Crippen molar-refractivity contribution in [1.82, 2.24) is 9.97 Å². The van der Waals surface area contributed by atoms with Gasteiger partial charge in [0, 0.05) is 17.8 Å². The van der Waals surface area contributed by atoms with E-state index >= 15 is 0 Å². The zero-order valence-electron chi connectivity index (χ0n) is 7.25. The maximum absolute atomic E-state index is 8.83. The molecule has 2 rings (SSSR count). The van der Waals surface area contributed by atoms with Gasteiger partial charge in [0.2, 0.25) is 0 Å². The summed E-state index contributed by atoms with van der Waals surface area (Å²) in [6.45, 7) is 0.0369. The van der Waals surface area contributed by atoms with Gasteiger partial charge in [0.05, 0.1) is 6.61 Å². The first-order valence-corrected chi connectivity index (χ1v) is 5.71. The van der Waals surface area contributed by atoms with E-state index in [2.05, 4.69) is 9.97 Å². The smallest absolute Gasteiger partial charge is 0.156 e. The van der Waals surface area contributed by atoms with Crippen molar-refractivity contribution in [3.8, 4) is 0 Å². The Balaban J connectivity index is 2.10. The fourth-order valence-corrected chi connectivity index (χ4v) is 2.42. The quantitative estimate of drug-likeness (QED) is 0.868. The van der Waals surface area contributed by atoms with Crippen LogP contribution in [0.5, 0.6) is 0 Å². The minimum Gasteiger partial charge on any atom is -0.392 e. The molecule has 0 unspecified atom stereocenters. The predicted octanol–water partition coefficient (Wildman–Crippen LogP) is 2.18. The Hall–Kier alpha value is -0.910. The van der Waals surface area contributed by atoms with Gasteiger partial charge in [0.25, 0.3) is 0 Å². The summed E-state index contributed by atoms with van der Waals surface area (Å²) in [5.74, 6) is 0. The number of nitrogens with zero attached hydrogens (tertiary/aromatic N) is 2. The highest BCUT2D eigenvalue weighted by atomic mass is 32.2. The summed E-state index contributed by atoms with van der Waals surface area (Å²) < 4.78 is 0.981. The highest BCUT2D eigenvalue weighted by Crippen LogP contribution is 2.27. The van der Waals surface area contributed by atoms with E-state index in [1.165, 1.54) is 11.8 Å². The topological polar surface area (TPSA) is 46.0 Å². The maximum Gasteiger partial charge on any atom is 0.156 e. The zero-order valence-corrected chi connectivity index (χ0v) is 8.88. The Kier molecular flexibility index (Phi) is 3.13. The molecule has 2 aromatic heterocycles. The number of aromatic nitrogens is 2. The molecule has 0 fully saturated rings. The highest BCUT2D eigenvalue weighted by Gasteiger charge is 2.00. The number of rotatable bonds is 3. The van der Waals surface area contributed by atoms with Crippen LogP contribution in [0.15, 0.2) is 39.3 Å². The molecule has 0 amide bonds. The lowest BCUT2D eigenvalue weighted by molar-refractivity contribution is 0.281. The van der Waals surface area contributed by atoms with Crippen LogP contribution >= 0.6 is 23.1 Å². The van der Waals surface area contributed by atoms with Crippen molar-refractivity contribution >= 4 is 23.1 Å². The van der Waals surface area contributed by atoms with Crippen LogP contribution < -0.4 is 0 Å². The van der Waals surface area contributed by atoms with Gasteiger partial charge in [0.15, 0.2) is 4.34 Å². The first-order valence-electron chi connectivity index (χ1n) is 4.01. The number of hydrogen-bond donors (Lipinski definition) is 1. The molecular formula is C9H8N2OS2. The third-order valence-electron chi connectivity index (χ3n) is 1.58. The van der Waals surface area contributed by atoms with E-state index < -0.39 is 0 Å². The molecule has 0 radical (unpaired) electrons. The van der Waals surface area contributed by atoms with Gasteiger partial charge in [-0.05, 0) is 23.4 Å². The van der Waals surface area contributed by atoms with Crippen molar-refractivity contribution in [3.05, 3.63) is 35.5 Å². The third kappa shape index (κ3) is 2.31. The van der Waals surface area contributed by atoms with Crippen molar-refractivity contribution in [2.75, 3.05) is 0 Å². The molecule has 5 heteroatoms. The Morgan fingerprint density at radius 3 is 2.86 bits per heavy atom. The number of hydrogen-bond acceptors (Lipinski definition) is 5. The third-order valence-corrected chi connectivity index (χ3v) is 3.42. The van der Waals surface area contributed by atoms with E-state index in [9.17, 15) is 0 Å². The lowest BCUT2D eigenvalue weighted by atomic mass is 10.3. The molecule has 72 valence electrons. The summed E-state index contributed by atoms with van der Waals surface area (Å²) in [5, 5.41) is 11.7. The van der Waals surface area contributed by atoms with E-state index in [0.29, 0.717) is 0 Å². The zero-order chi connectivity index (χ0) is 9.80. The normalized spacial score (nSPS) is 10.4. The fraction of sp³-hybridized carbons (Fsp3) is 0.111. The molecule has 14 heavy (non-hydrogen) atoms. The number of aliphatic hydroxyl groups is 1. The van der Waals surface area contributed by atoms with Crippen molar-refractivity contribution < 1.29 is 5.11 Å². The van der Waals surface area contributed by atoms with Crippen LogP contribution in [-0.2, 0) is 6.61 Å². The molecule has 2 aromatic rings. The van der Waals surface area contributed by atoms with Crippen LogP contribution in [0.25, 0.3) is 0 Å². The Morgan fingerprint density at radius 1 is 1.36 bits per heavy atom. The SMILES string of the molecule is OCc1ccc(Sc2nccs2)nc1. The van der Waals surface area contributed by atoms with Gasteiger partial charge in [-0.25, -0.2) is 9.97 Å². The van der Waals surface area contributed by atoms with Gasteiger partial charge in [-0.1, -0.05) is 6.07 Å². The van der Waals surface area contributed by atoms with Crippen molar-refractivity contribution in [2.24, 2.45) is 0 Å². The van der Waals surface area contributed by atoms with E-state index in [1.807, 2.05) is 17.5 Å². The van der Waals surface area contributed by atoms with Crippen LogP contribution in [0, 0.1) is 0 Å². The average molecular weight is 224 g/mol. The first kappa shape index (κ1) is 9.64. The van der Waals surface area contributed by atoms with Crippen LogP contribution in [0.3, 0.4) is 0 Å². The molecule has 0 aliphatic rings. The summed E-state index contributed by atoms with van der Waals surface area (Å²) in [6, 6.07) is 3.75. The van der Waals surface area contributed by atoms with Gasteiger partial charge in [-0.3, -0.25) is 0 Å². The Morgan fingerprint density at radius 2 is 2.29 bits per heavy atom. The summed E-state index contributed by atoms with van der Waals surface area (Å²) in [6.07, 6.45) is 3.45. The van der Waals surface area contributed by atoms with E-state index in [0.717, 1.165) is 14.9 Å². The molecular weight excluding hydrogens is 216 g/mol. The maximum atomic E-state index is 8.83. The molecule has 0 aromatic carbocycles. The summed E-state index contributed by atoms with van der Waals surface area (Å²) in [4.78, 5) is 8.34. The fourth-order valence-electron chi connectivity index (χ4n) is 0.915. The molecule has 2 heterocycles. The largest absolute Gasteiger partial charge is 0.392 e. The van der Waals surface area contributed by atoms with Crippen LogP contribution in [-0.4, -0.2) is 15.1 Å². The number of thiazole rings is 1. The van der Waals surface area contributed by atoms with Crippen LogP contribution in [0.2, 0.25) is 0 Å². The molecule has 0 aliphatic carbocycles. The molecule has 0 bridgehead atoms. The van der Waals surface area contributed by atoms with Crippen molar-refractivity contribution in [1.29, 1.82) is 0 Å². The van der Waals surface area contributed by atoms with Crippen LogP contribution in [0.1, 0.15) is 5.56 Å². The van der Waals surface area contributed by atoms with Gasteiger partial charge < -0.3 is 5.11 Å². The van der Waals surface area contributed by atoms with E-state index in [4.69, 9.17) is 5.11 Å². The summed E-state index contributed by atoms with van der Waals surface area (Å²) in [5.41, 5.74) is 0.827. The lowest BCUT2D eigenvalue weighted by Gasteiger charge is -1.97. The second-order valence-corrected chi connectivity index (χ2v) is 4.72. The molecule has 0 saturated heterocycles. The van der Waals surface area contributed by atoms with Gasteiger partial charge in [-0.2, -0.15) is 0 Å². The highest BCUT2D eigenvalue weighted by molar-refractivity contribution is 8.00. The van der Waals surface area contributed by atoms with Crippen molar-refractivity contribution in [2.45, 2.75) is 16.0 Å². The number of pyridine rings is 1. The molecule has 0 aliphatic heterocycles. The summed E-state index contributed by atoms with van der Waals surface area (Å²) in [7, 11) is 0. The summed E-state index contributed by atoms with van der Waals surface area (Å²) >= 11 is 3.12. The van der Waals surface area contributed by atoms with Gasteiger partial charge in [-0.15, -0.1) is 11.3 Å². The minimum absolute atomic E-state index is 0.0369. The van der Waals surface area contributed by atoms with Gasteiger partial charge >= 0.3 is 0 Å². The first-order chi connectivity index (χ1) is 6.88. The predicted molar refractivity (Wildman–Crippen MR) is 56.4 cm³/mol. The van der Waals surface area contributed by atoms with E-state index in [-0.39, 0.29) is 6.61 Å². The second kappa shape index (κ2) is 4.54. The molecule has 0 spiro atoms. The molecule has 1 N–H and O–H groups in total. The molecule has 0 saturated carbocycles. The monoisotopic (exact) mass is 224 g/mol. The lowest BCUT2D eigenvalue weighted by Crippen LogP contribution is -1.85. The van der Waals surface area contributed by atoms with Crippen LogP contribution in [0.4, 0.5) is 0 Å². The van der Waals surface area contributed by atoms with E-state index in [1.54, 1.807) is 23.7 Å². The Labute approximate surface area is 89.9 Å². The standard InChI is InChI=1S/C9H8N2OS2/c12-6-7-1-2-8(11-5-7)14-9-10-3-4-13-9/h1-5,12H,6H2. The number of aliphatic hydroxyl groups excluding tert-OH is 1. The second-order valence-electron chi connectivity index (χ2n) is 2.56. The molecule has 3 nitrogen and oxygen atoms in total. The average Bonchev–Trinajstić information content (AvgIpc) is 2.72.